The summed E-state index contributed by atoms with van der Waals surface area (Å²) in [7, 11) is 0. The van der Waals surface area contributed by atoms with Crippen LogP contribution in [0.2, 0.25) is 0 Å². The Morgan fingerprint density at radius 2 is 2.00 bits per heavy atom. The van der Waals surface area contributed by atoms with E-state index in [-0.39, 0.29) is 24.3 Å². The Morgan fingerprint density at radius 1 is 1.21 bits per heavy atom. The fourth-order valence-electron chi connectivity index (χ4n) is 3.33. The van der Waals surface area contributed by atoms with Crippen molar-refractivity contribution in [3.63, 3.8) is 0 Å². The molecule has 0 bridgehead atoms. The molecular weight excluding hydrogens is 372 g/mol. The van der Waals surface area contributed by atoms with Gasteiger partial charge in [-0.2, -0.15) is 4.98 Å². The first-order valence-electron chi connectivity index (χ1n) is 9.65. The van der Waals surface area contributed by atoms with E-state index in [1.807, 2.05) is 13.0 Å². The number of carbonyl (C=O) groups excluding carboxylic acids is 1. The highest BCUT2D eigenvalue weighted by Crippen LogP contribution is 2.21. The second-order valence-electron chi connectivity index (χ2n) is 6.88. The van der Waals surface area contributed by atoms with Crippen molar-refractivity contribution in [3.05, 3.63) is 58.2 Å². The van der Waals surface area contributed by atoms with Crippen LogP contribution >= 0.6 is 0 Å². The fraction of sp³-hybridized carbons (Fsp3) is 0.333. The van der Waals surface area contributed by atoms with Gasteiger partial charge in [-0.3, -0.25) is 9.59 Å². The Balaban J connectivity index is 1.35. The highest BCUT2D eigenvalue weighted by Gasteiger charge is 2.16. The molecule has 4 rings (SSSR count). The first kappa shape index (κ1) is 18.9. The van der Waals surface area contributed by atoms with E-state index in [0.29, 0.717) is 22.7 Å². The van der Waals surface area contributed by atoms with Crippen LogP contribution in [0.25, 0.3) is 11.0 Å². The highest BCUT2D eigenvalue weighted by atomic mass is 16.5. The van der Waals surface area contributed by atoms with E-state index >= 15 is 0 Å². The number of amides is 1. The summed E-state index contributed by atoms with van der Waals surface area (Å²) in [4.78, 5) is 35.4. The molecule has 1 aliphatic rings. The first-order valence-corrected chi connectivity index (χ1v) is 9.65. The van der Waals surface area contributed by atoms with Crippen LogP contribution in [0.15, 0.2) is 45.6 Å². The number of hydrogen-bond acceptors (Lipinski definition) is 7. The van der Waals surface area contributed by atoms with Gasteiger partial charge in [0.05, 0.1) is 11.9 Å². The number of benzene rings is 1. The van der Waals surface area contributed by atoms with Gasteiger partial charge in [-0.25, -0.2) is 4.98 Å². The van der Waals surface area contributed by atoms with E-state index in [4.69, 9.17) is 9.15 Å². The van der Waals surface area contributed by atoms with Gasteiger partial charge < -0.3 is 19.4 Å². The van der Waals surface area contributed by atoms with Crippen LogP contribution < -0.4 is 20.4 Å². The second-order valence-corrected chi connectivity index (χ2v) is 6.88. The van der Waals surface area contributed by atoms with E-state index < -0.39 is 5.91 Å². The Labute approximate surface area is 167 Å². The SMILES string of the molecule is Cc1nc(OCCNC(=O)c2cc(=O)c3ccccc3o2)cc(N2CCCC2)n1. The van der Waals surface area contributed by atoms with Gasteiger partial charge >= 0.3 is 0 Å². The van der Waals surface area contributed by atoms with E-state index in [9.17, 15) is 9.59 Å². The number of ether oxygens (including phenoxy) is 1. The summed E-state index contributed by atoms with van der Waals surface area (Å²) in [5.74, 6) is 1.50. The number of nitrogens with zero attached hydrogens (tertiary/aromatic N) is 3. The molecule has 1 saturated heterocycles. The van der Waals surface area contributed by atoms with Crippen LogP contribution in [0.5, 0.6) is 5.88 Å². The molecule has 8 nitrogen and oxygen atoms in total. The Hall–Kier alpha value is -3.42. The fourth-order valence-corrected chi connectivity index (χ4v) is 3.33. The third-order valence-corrected chi connectivity index (χ3v) is 4.73. The molecule has 1 aromatic carbocycles. The molecule has 1 N–H and O–H groups in total. The number of nitrogens with one attached hydrogen (secondary N) is 1. The number of anilines is 1. The molecule has 0 aliphatic carbocycles. The van der Waals surface area contributed by atoms with E-state index in [1.165, 1.54) is 6.07 Å². The highest BCUT2D eigenvalue weighted by molar-refractivity contribution is 5.93. The number of hydrogen-bond donors (Lipinski definition) is 1. The minimum absolute atomic E-state index is 0.0251. The normalized spacial score (nSPS) is 13.6. The molecule has 3 heterocycles. The zero-order chi connectivity index (χ0) is 20.2. The van der Waals surface area contributed by atoms with Gasteiger partial charge in [0.1, 0.15) is 23.8 Å². The topological polar surface area (TPSA) is 97.6 Å². The summed E-state index contributed by atoms with van der Waals surface area (Å²) in [6.07, 6.45) is 2.33. The van der Waals surface area contributed by atoms with Crippen LogP contribution in [0.3, 0.4) is 0 Å². The molecule has 2 aromatic heterocycles. The van der Waals surface area contributed by atoms with Gasteiger partial charge in [-0.05, 0) is 31.9 Å². The van der Waals surface area contributed by atoms with Crippen LogP contribution in [0.1, 0.15) is 29.2 Å². The molecule has 1 fully saturated rings. The number of carbonyl (C=O) groups is 1. The molecule has 1 aliphatic heterocycles. The molecule has 150 valence electrons. The van der Waals surface area contributed by atoms with E-state index in [1.54, 1.807) is 24.3 Å². The number of fused-ring (bicyclic) bond motifs is 1. The summed E-state index contributed by atoms with van der Waals surface area (Å²) >= 11 is 0. The predicted molar refractivity (Wildman–Crippen MR) is 109 cm³/mol. The van der Waals surface area contributed by atoms with Gasteiger partial charge in [-0.1, -0.05) is 12.1 Å². The van der Waals surface area contributed by atoms with Crippen molar-refractivity contribution < 1.29 is 13.9 Å². The lowest BCUT2D eigenvalue weighted by Gasteiger charge is -2.17. The average Bonchev–Trinajstić information content (AvgIpc) is 3.26. The smallest absolute Gasteiger partial charge is 0.287 e. The number of para-hydroxylation sites is 1. The molecule has 0 unspecified atom stereocenters. The first-order chi connectivity index (χ1) is 14.1. The van der Waals surface area contributed by atoms with E-state index in [0.717, 1.165) is 31.7 Å². The number of aryl methyl sites for hydroxylation is 1. The maximum Gasteiger partial charge on any atom is 0.287 e. The molecule has 0 radical (unpaired) electrons. The lowest BCUT2D eigenvalue weighted by molar-refractivity contribution is 0.0919. The molecule has 8 heteroatoms. The quantitative estimate of drug-likeness (QED) is 0.641. The summed E-state index contributed by atoms with van der Waals surface area (Å²) in [6.45, 7) is 4.29. The lowest BCUT2D eigenvalue weighted by Crippen LogP contribution is -2.29. The monoisotopic (exact) mass is 394 g/mol. The molecule has 1 amide bonds. The van der Waals surface area contributed by atoms with Crippen molar-refractivity contribution in [1.29, 1.82) is 0 Å². The number of aromatic nitrogens is 2. The summed E-state index contributed by atoms with van der Waals surface area (Å²) in [6, 6.07) is 9.85. The van der Waals surface area contributed by atoms with Gasteiger partial charge in [-0.15, -0.1) is 0 Å². The third kappa shape index (κ3) is 4.37. The molecule has 29 heavy (non-hydrogen) atoms. The summed E-state index contributed by atoms with van der Waals surface area (Å²) < 4.78 is 11.2. The van der Waals surface area contributed by atoms with Crippen molar-refractivity contribution in [2.45, 2.75) is 19.8 Å². The summed E-state index contributed by atoms with van der Waals surface area (Å²) in [5, 5.41) is 3.14. The maximum atomic E-state index is 12.3. The minimum Gasteiger partial charge on any atom is -0.476 e. The lowest BCUT2D eigenvalue weighted by atomic mass is 10.2. The van der Waals surface area contributed by atoms with Gasteiger partial charge in [0.15, 0.2) is 11.2 Å². The van der Waals surface area contributed by atoms with Crippen LogP contribution in [-0.4, -0.2) is 42.1 Å². The molecule has 0 spiro atoms. The molecule has 0 atom stereocenters. The van der Waals surface area contributed by atoms with Crippen molar-refractivity contribution in [2.24, 2.45) is 0 Å². The van der Waals surface area contributed by atoms with Crippen molar-refractivity contribution in [1.82, 2.24) is 15.3 Å². The predicted octanol–water partition coefficient (Wildman–Crippen LogP) is 2.30. The van der Waals surface area contributed by atoms with Crippen LogP contribution in [0.4, 0.5) is 5.82 Å². The largest absolute Gasteiger partial charge is 0.476 e. The maximum absolute atomic E-state index is 12.3. The second kappa shape index (κ2) is 8.30. The zero-order valence-corrected chi connectivity index (χ0v) is 16.2. The van der Waals surface area contributed by atoms with Crippen molar-refractivity contribution in [2.75, 3.05) is 31.1 Å². The Bertz CT molecular complexity index is 1090. The molecule has 3 aromatic rings. The van der Waals surface area contributed by atoms with Crippen molar-refractivity contribution >= 4 is 22.7 Å². The minimum atomic E-state index is -0.465. The Kier molecular flexibility index (Phi) is 5.41. The standard InChI is InChI=1S/C21H22N4O4/c1-14-23-19(25-9-4-5-10-25)13-20(24-14)28-11-8-22-21(27)18-12-16(26)15-6-2-3-7-17(15)29-18/h2-3,6-7,12-13H,4-5,8-11H2,1H3,(H,22,27). The molecular formula is C21H22N4O4. The van der Waals surface area contributed by atoms with Crippen LogP contribution in [-0.2, 0) is 0 Å². The van der Waals surface area contributed by atoms with Gasteiger partial charge in [0, 0.05) is 25.2 Å². The Morgan fingerprint density at radius 3 is 2.83 bits per heavy atom. The van der Waals surface area contributed by atoms with E-state index in [2.05, 4.69) is 20.2 Å². The van der Waals surface area contributed by atoms with Crippen molar-refractivity contribution in [3.8, 4) is 5.88 Å². The molecule has 0 saturated carbocycles. The van der Waals surface area contributed by atoms with Gasteiger partial charge in [0.25, 0.3) is 5.91 Å². The third-order valence-electron chi connectivity index (χ3n) is 4.73. The number of rotatable bonds is 6. The summed E-state index contributed by atoms with van der Waals surface area (Å²) in [5.41, 5.74) is 0.131. The van der Waals surface area contributed by atoms with Gasteiger partial charge in [0.2, 0.25) is 5.88 Å². The zero-order valence-electron chi connectivity index (χ0n) is 16.2. The van der Waals surface area contributed by atoms with Crippen LogP contribution in [0, 0.1) is 6.92 Å². The average molecular weight is 394 g/mol.